The van der Waals surface area contributed by atoms with E-state index < -0.39 is 162 Å². The van der Waals surface area contributed by atoms with Gasteiger partial charge in [-0.25, -0.2) is 4.79 Å². The molecule has 0 unspecified atom stereocenters. The first-order chi connectivity index (χ1) is 36.1. The number of phenolic OH excluding ortho intramolecular Hbond substituents is 1. The van der Waals surface area contributed by atoms with Gasteiger partial charge in [-0.3, -0.25) is 47.9 Å². The van der Waals surface area contributed by atoms with E-state index in [0.29, 0.717) is 24.0 Å². The minimum atomic E-state index is -1.87. The molecule has 8 amide bonds. The second-order valence-corrected chi connectivity index (χ2v) is 19.8. The number of rotatable bonds is 33. The summed E-state index contributed by atoms with van der Waals surface area (Å²) in [7, 11) is 0. The predicted octanol–water partition coefficient (Wildman–Crippen LogP) is 0.621. The molecule has 14 N–H and O–H groups in total. The SMILES string of the molecule is CC[C@H](C)[C@H](NC(=O)[C@H](CC(=O)O)NC(=O)[C@H](CCC(=O)O)NC(=O)[C@H](C)N)C(=O)N[C@@H](Cc1ccc(O)cc1)C(=O)N[C@H](C(=O)N[C@@H](Cc1ccccc1)C(=O)N[C@H](C(=O)N[C@H](C(=O)O)C(C)C)[C@@H](C)CC)[C@@H](C)CC. The number of phenols is 1. The van der Waals surface area contributed by atoms with Crippen LogP contribution in [0.25, 0.3) is 0 Å². The second kappa shape index (κ2) is 32.1. The maximum Gasteiger partial charge on any atom is 0.326 e. The molecule has 0 saturated carbocycles. The van der Waals surface area contributed by atoms with Gasteiger partial charge in [0.2, 0.25) is 47.3 Å². The van der Waals surface area contributed by atoms with Crippen molar-refractivity contribution in [2.75, 3.05) is 0 Å². The summed E-state index contributed by atoms with van der Waals surface area (Å²) < 4.78 is 0. The first-order valence-corrected chi connectivity index (χ1v) is 25.8. The quantitative estimate of drug-likeness (QED) is 0.0466. The van der Waals surface area contributed by atoms with Gasteiger partial charge in [0.15, 0.2) is 0 Å². The zero-order chi connectivity index (χ0) is 58.3. The highest BCUT2D eigenvalue weighted by molar-refractivity contribution is 5.99. The number of hydrogen-bond acceptors (Lipinski definition) is 13. The largest absolute Gasteiger partial charge is 0.508 e. The Balaban J connectivity index is 2.58. The molecule has 426 valence electrons. The van der Waals surface area contributed by atoms with Gasteiger partial charge >= 0.3 is 17.9 Å². The number of aromatic hydroxyl groups is 1. The first kappa shape index (κ1) is 65.5. The fraction of sp³-hybridized carbons (Fsp3) is 0.566. The molecule has 2 aromatic carbocycles. The fourth-order valence-corrected chi connectivity index (χ4v) is 7.78. The van der Waals surface area contributed by atoms with Crippen LogP contribution < -0.4 is 48.3 Å². The van der Waals surface area contributed by atoms with E-state index in [1.165, 1.54) is 31.2 Å². The number of nitrogens with one attached hydrogen (secondary N) is 8. The van der Waals surface area contributed by atoms with Crippen molar-refractivity contribution in [1.29, 1.82) is 0 Å². The second-order valence-electron chi connectivity index (χ2n) is 19.8. The standard InChI is InChI=1S/C53H79N9O15/c1-10-28(6)42(50(73)57-36(24-32-16-14-13-15-17-32)47(70)62-44(30(8)12-3)52(75)59-41(27(4)5)53(76)77)60-48(71)37(25-33-18-20-34(63)21-19-33)58-51(74)43(29(7)11-2)61-49(72)38(26-40(66)67)56-46(69)35(22-23-39(64)65)55-45(68)31(9)54/h13-21,27-31,35-38,41-44,63H,10-12,22-26,54H2,1-9H3,(H,55,68)(H,56,69)(H,57,73)(H,58,74)(H,59,75)(H,60,71)(H,61,72)(H,62,70)(H,64,65)(H,66,67)(H,76,77)/t28-,29-,30-,31-,35-,36-,37-,38-,41-,42-,43-,44-/m0/s1. The molecule has 0 heterocycles. The van der Waals surface area contributed by atoms with Crippen molar-refractivity contribution in [2.24, 2.45) is 29.4 Å². The number of carbonyl (C=O) groups excluding carboxylic acids is 8. The molecule has 0 radical (unpaired) electrons. The molecule has 0 aliphatic carbocycles. The van der Waals surface area contributed by atoms with Crippen molar-refractivity contribution >= 4 is 65.2 Å². The Morgan fingerprint density at radius 3 is 1.18 bits per heavy atom. The van der Waals surface area contributed by atoms with Crippen molar-refractivity contribution in [1.82, 2.24) is 42.5 Å². The average Bonchev–Trinajstić information content (AvgIpc) is 3.37. The third kappa shape index (κ3) is 21.9. The van der Waals surface area contributed by atoms with Crippen LogP contribution in [0.4, 0.5) is 0 Å². The molecule has 77 heavy (non-hydrogen) atoms. The Bertz CT molecular complexity index is 2350. The summed E-state index contributed by atoms with van der Waals surface area (Å²) in [5.74, 6) is -13.8. The van der Waals surface area contributed by atoms with Crippen LogP contribution in [0.1, 0.15) is 112 Å². The molecule has 0 aliphatic rings. The first-order valence-electron chi connectivity index (χ1n) is 25.8. The monoisotopic (exact) mass is 1080 g/mol. The number of nitrogens with two attached hydrogens (primary N) is 1. The van der Waals surface area contributed by atoms with Gasteiger partial charge < -0.3 is 68.7 Å². The van der Waals surface area contributed by atoms with Crippen LogP contribution in [0.3, 0.4) is 0 Å². The van der Waals surface area contributed by atoms with Crippen LogP contribution in [0.5, 0.6) is 5.75 Å². The average molecular weight is 1080 g/mol. The molecule has 0 fully saturated rings. The molecule has 0 aromatic heterocycles. The predicted molar refractivity (Wildman–Crippen MR) is 281 cm³/mol. The van der Waals surface area contributed by atoms with Gasteiger partial charge in [-0.15, -0.1) is 0 Å². The molecule has 0 spiro atoms. The van der Waals surface area contributed by atoms with Gasteiger partial charge in [0.25, 0.3) is 0 Å². The number of aliphatic carboxylic acids is 3. The third-order valence-electron chi connectivity index (χ3n) is 13.2. The summed E-state index contributed by atoms with van der Waals surface area (Å²) in [6.45, 7) is 14.7. The molecule has 2 aromatic rings. The highest BCUT2D eigenvalue weighted by Gasteiger charge is 2.38. The van der Waals surface area contributed by atoms with Gasteiger partial charge in [-0.05, 0) is 60.3 Å². The van der Waals surface area contributed by atoms with Crippen LogP contribution in [-0.2, 0) is 65.6 Å². The van der Waals surface area contributed by atoms with Gasteiger partial charge in [0, 0.05) is 19.3 Å². The summed E-state index contributed by atoms with van der Waals surface area (Å²) >= 11 is 0. The molecular formula is C53H79N9O15. The number of carbonyl (C=O) groups is 11. The number of amides is 8. The van der Waals surface area contributed by atoms with E-state index in [2.05, 4.69) is 42.5 Å². The topological polar surface area (TPSA) is 391 Å². The Labute approximate surface area is 448 Å². The van der Waals surface area contributed by atoms with Crippen LogP contribution >= 0.6 is 0 Å². The molecule has 0 bridgehead atoms. The summed E-state index contributed by atoms with van der Waals surface area (Å²) in [6.07, 6.45) is -1.44. The van der Waals surface area contributed by atoms with E-state index in [0.717, 1.165) is 0 Å². The van der Waals surface area contributed by atoms with Crippen molar-refractivity contribution < 1.29 is 73.2 Å². The Morgan fingerprint density at radius 2 is 0.805 bits per heavy atom. The van der Waals surface area contributed by atoms with Crippen molar-refractivity contribution in [3.8, 4) is 5.75 Å². The molecule has 24 nitrogen and oxygen atoms in total. The zero-order valence-electron chi connectivity index (χ0n) is 45.2. The molecule has 2 rings (SSSR count). The van der Waals surface area contributed by atoms with Gasteiger partial charge in [-0.2, -0.15) is 0 Å². The number of carboxylic acid groups (broad SMARTS) is 3. The smallest absolute Gasteiger partial charge is 0.326 e. The van der Waals surface area contributed by atoms with E-state index in [1.54, 1.807) is 85.7 Å². The summed E-state index contributed by atoms with van der Waals surface area (Å²) in [6, 6.07) is 1.56. The number of hydrogen-bond donors (Lipinski definition) is 13. The van der Waals surface area contributed by atoms with E-state index in [1.807, 2.05) is 0 Å². The lowest BCUT2D eigenvalue weighted by atomic mass is 9.94. The van der Waals surface area contributed by atoms with Crippen molar-refractivity contribution in [3.05, 3.63) is 65.7 Å². The van der Waals surface area contributed by atoms with Gasteiger partial charge in [0.1, 0.15) is 54.1 Å². The zero-order valence-corrected chi connectivity index (χ0v) is 45.2. The number of carboxylic acids is 3. The van der Waals surface area contributed by atoms with Gasteiger partial charge in [-0.1, -0.05) is 117 Å². The van der Waals surface area contributed by atoms with E-state index in [9.17, 15) is 73.2 Å². The summed E-state index contributed by atoms with van der Waals surface area (Å²) in [5.41, 5.74) is 6.66. The van der Waals surface area contributed by atoms with Crippen LogP contribution in [0.15, 0.2) is 54.6 Å². The Morgan fingerprint density at radius 1 is 0.442 bits per heavy atom. The maximum atomic E-state index is 14.6. The molecule has 12 atom stereocenters. The van der Waals surface area contributed by atoms with E-state index in [-0.39, 0.29) is 25.0 Å². The maximum absolute atomic E-state index is 14.6. The van der Waals surface area contributed by atoms with Crippen LogP contribution in [-0.4, -0.2) is 140 Å². The Hall–Kier alpha value is -7.63. The van der Waals surface area contributed by atoms with Crippen molar-refractivity contribution in [3.63, 3.8) is 0 Å². The molecule has 0 saturated heterocycles. The highest BCUT2D eigenvalue weighted by Crippen LogP contribution is 2.17. The summed E-state index contributed by atoms with van der Waals surface area (Å²) in [5, 5.41) is 59.2. The molecule has 0 aliphatic heterocycles. The van der Waals surface area contributed by atoms with E-state index in [4.69, 9.17) is 5.73 Å². The lowest BCUT2D eigenvalue weighted by Gasteiger charge is -2.31. The van der Waals surface area contributed by atoms with Gasteiger partial charge in [0.05, 0.1) is 12.5 Å². The Kier molecular flexibility index (Phi) is 27.3. The van der Waals surface area contributed by atoms with Crippen molar-refractivity contribution in [2.45, 2.75) is 168 Å². The van der Waals surface area contributed by atoms with Crippen LogP contribution in [0, 0.1) is 23.7 Å². The van der Waals surface area contributed by atoms with Crippen LogP contribution in [0.2, 0.25) is 0 Å². The molecule has 24 heteroatoms. The number of benzene rings is 2. The minimum absolute atomic E-state index is 0.0765. The minimum Gasteiger partial charge on any atom is -0.508 e. The lowest BCUT2D eigenvalue weighted by Crippen LogP contribution is -2.62. The third-order valence-corrected chi connectivity index (χ3v) is 13.2. The van der Waals surface area contributed by atoms with E-state index >= 15 is 0 Å². The molecular weight excluding hydrogens is 1000 g/mol. The lowest BCUT2D eigenvalue weighted by molar-refractivity contribution is -0.144. The summed E-state index contributed by atoms with van der Waals surface area (Å²) in [4.78, 5) is 147. The highest BCUT2D eigenvalue weighted by atomic mass is 16.4. The fourth-order valence-electron chi connectivity index (χ4n) is 7.78. The normalized spacial score (nSPS) is 15.8.